The summed E-state index contributed by atoms with van der Waals surface area (Å²) in [5, 5.41) is 0. The van der Waals surface area contributed by atoms with Crippen molar-refractivity contribution in [3.63, 3.8) is 0 Å². The third-order valence-corrected chi connectivity index (χ3v) is 3.25. The fourth-order valence-electron chi connectivity index (χ4n) is 2.03. The third kappa shape index (κ3) is 4.67. The van der Waals surface area contributed by atoms with Crippen LogP contribution in [0.5, 0.6) is 0 Å². The smallest absolute Gasteiger partial charge is 0.325 e. The number of nitrogens with one attached hydrogen (secondary N) is 5. The van der Waals surface area contributed by atoms with Gasteiger partial charge in [-0.25, -0.2) is 24.7 Å². The van der Waals surface area contributed by atoms with Gasteiger partial charge >= 0.3 is 5.69 Å². The lowest BCUT2D eigenvalue weighted by atomic mass is 10.5. The topological polar surface area (TPSA) is 247 Å². The second-order valence-corrected chi connectivity index (χ2v) is 5.21. The highest BCUT2D eigenvalue weighted by atomic mass is 16.2. The summed E-state index contributed by atoms with van der Waals surface area (Å²) in [5.41, 5.74) is 11.6. The molecule has 0 amide bonds. The van der Waals surface area contributed by atoms with E-state index in [-0.39, 0.29) is 17.1 Å². The van der Waals surface area contributed by atoms with Crippen LogP contribution in [0.4, 0.5) is 11.8 Å². The van der Waals surface area contributed by atoms with Crippen LogP contribution in [0.1, 0.15) is 0 Å². The average molecular weight is 398 g/mol. The molecule has 5 aromatic rings. The molecule has 0 fully saturated rings. The maximum Gasteiger partial charge on any atom is 0.325 e. The second kappa shape index (κ2) is 8.25. The van der Waals surface area contributed by atoms with E-state index < -0.39 is 5.69 Å². The highest BCUT2D eigenvalue weighted by Crippen LogP contribution is 2.09. The van der Waals surface area contributed by atoms with E-state index in [4.69, 9.17) is 11.5 Å². The van der Waals surface area contributed by atoms with Crippen molar-refractivity contribution in [2.45, 2.75) is 0 Å². The summed E-state index contributed by atoms with van der Waals surface area (Å²) in [6, 6.07) is 1.24. The summed E-state index contributed by atoms with van der Waals surface area (Å²) < 4.78 is 0. The number of aromatic amines is 5. The summed E-state index contributed by atoms with van der Waals surface area (Å²) in [7, 11) is 0. The number of rotatable bonds is 0. The van der Waals surface area contributed by atoms with E-state index in [1.807, 2.05) is 4.98 Å². The van der Waals surface area contributed by atoms with E-state index >= 15 is 0 Å². The Bertz CT molecular complexity index is 1380. The molecule has 0 atom stereocenters. The SMILES string of the molecule is Nc1nc2nc[nH]c2c(=O)[nH]1.Nc1ncnc2nc[nH]c12.O=c1cc[nH]c(=O)[nH]1. The first-order valence-electron chi connectivity index (χ1n) is 7.80. The molecule has 0 radical (unpaired) electrons. The number of hydrogen-bond acceptors (Lipinski definition) is 10. The van der Waals surface area contributed by atoms with Gasteiger partial charge in [-0.05, 0) is 0 Å². The van der Waals surface area contributed by atoms with E-state index in [9.17, 15) is 14.4 Å². The molecule has 0 saturated heterocycles. The normalized spacial score (nSPS) is 10.1. The highest BCUT2D eigenvalue weighted by Gasteiger charge is 2.01. The molecule has 148 valence electrons. The standard InChI is InChI=1S/C5H5N5O.C5H5N5.C4H4N2O2/c6-5-9-3-2(4(11)10-5)7-1-8-3;6-4-3-5(9-1-7-3)10-2-8-4;7-3-1-2-5-4(8)6-3/h1H,(H4,6,7,8,9,10,11);1-2H,(H3,6,7,8,9,10);1-2H,(H2,5,6,7,8). The lowest BCUT2D eigenvalue weighted by Crippen LogP contribution is -2.19. The molecule has 29 heavy (non-hydrogen) atoms. The van der Waals surface area contributed by atoms with Gasteiger partial charge in [0.2, 0.25) is 5.95 Å². The Morgan fingerprint density at radius 3 is 2.17 bits per heavy atom. The van der Waals surface area contributed by atoms with Crippen LogP contribution in [0.2, 0.25) is 0 Å². The molecule has 9 N–H and O–H groups in total. The Labute approximate surface area is 158 Å². The van der Waals surface area contributed by atoms with Gasteiger partial charge in [-0.2, -0.15) is 4.98 Å². The molecular formula is C14H14N12O3. The number of nitrogen functional groups attached to an aromatic ring is 2. The minimum absolute atomic E-state index is 0.0783. The Morgan fingerprint density at radius 2 is 1.52 bits per heavy atom. The molecule has 5 rings (SSSR count). The fraction of sp³-hybridized carbons (Fsp3) is 0. The van der Waals surface area contributed by atoms with Crippen LogP contribution in [0, 0.1) is 0 Å². The predicted molar refractivity (Wildman–Crippen MR) is 103 cm³/mol. The molecular weight excluding hydrogens is 384 g/mol. The lowest BCUT2D eigenvalue weighted by Gasteiger charge is -1.89. The van der Waals surface area contributed by atoms with Gasteiger partial charge in [-0.15, -0.1) is 0 Å². The molecule has 5 heterocycles. The van der Waals surface area contributed by atoms with Gasteiger partial charge in [0.05, 0.1) is 12.7 Å². The number of H-pyrrole nitrogens is 5. The molecule has 0 aliphatic heterocycles. The van der Waals surface area contributed by atoms with Crippen LogP contribution in [0.15, 0.2) is 45.6 Å². The first-order chi connectivity index (χ1) is 13.9. The van der Waals surface area contributed by atoms with Gasteiger partial charge < -0.3 is 26.4 Å². The van der Waals surface area contributed by atoms with Gasteiger partial charge in [0.25, 0.3) is 11.1 Å². The average Bonchev–Trinajstić information content (AvgIpc) is 3.32. The molecule has 0 aliphatic carbocycles. The quantitative estimate of drug-likeness (QED) is 0.154. The minimum atomic E-state index is -0.475. The van der Waals surface area contributed by atoms with E-state index in [1.54, 1.807) is 0 Å². The summed E-state index contributed by atoms with van der Waals surface area (Å²) in [6.07, 6.45) is 5.61. The van der Waals surface area contributed by atoms with E-state index in [0.29, 0.717) is 28.1 Å². The van der Waals surface area contributed by atoms with Crippen molar-refractivity contribution in [3.05, 3.63) is 62.4 Å². The maximum atomic E-state index is 11.0. The molecule has 0 aliphatic rings. The summed E-state index contributed by atoms with van der Waals surface area (Å²) in [4.78, 5) is 62.6. The Kier molecular flexibility index (Phi) is 5.39. The largest absolute Gasteiger partial charge is 0.382 e. The number of hydrogen-bond donors (Lipinski definition) is 7. The molecule has 5 aromatic heterocycles. The van der Waals surface area contributed by atoms with Crippen molar-refractivity contribution in [2.24, 2.45) is 0 Å². The van der Waals surface area contributed by atoms with E-state index in [0.717, 1.165) is 0 Å². The van der Waals surface area contributed by atoms with Crippen LogP contribution in [-0.4, -0.2) is 49.8 Å². The Balaban J connectivity index is 0.000000126. The number of anilines is 2. The molecule has 0 spiro atoms. The summed E-state index contributed by atoms with van der Waals surface area (Å²) >= 11 is 0. The van der Waals surface area contributed by atoms with Crippen LogP contribution in [0.3, 0.4) is 0 Å². The summed E-state index contributed by atoms with van der Waals surface area (Å²) in [5.74, 6) is 0.511. The van der Waals surface area contributed by atoms with Gasteiger partial charge in [0, 0.05) is 12.3 Å². The molecule has 0 aromatic carbocycles. The van der Waals surface area contributed by atoms with Crippen LogP contribution >= 0.6 is 0 Å². The molecule has 15 heteroatoms. The molecule has 0 bridgehead atoms. The Morgan fingerprint density at radius 1 is 0.793 bits per heavy atom. The zero-order valence-corrected chi connectivity index (χ0v) is 14.5. The molecule has 0 saturated carbocycles. The van der Waals surface area contributed by atoms with E-state index in [2.05, 4.69) is 44.9 Å². The number of imidazole rings is 2. The fourth-order valence-corrected chi connectivity index (χ4v) is 2.03. The minimum Gasteiger partial charge on any atom is -0.382 e. The van der Waals surface area contributed by atoms with Gasteiger partial charge in [-0.3, -0.25) is 19.6 Å². The zero-order chi connectivity index (χ0) is 20.8. The van der Waals surface area contributed by atoms with Gasteiger partial charge in [0.1, 0.15) is 11.8 Å². The van der Waals surface area contributed by atoms with Crippen LogP contribution in [0.25, 0.3) is 22.3 Å². The van der Waals surface area contributed by atoms with Gasteiger partial charge in [-0.1, -0.05) is 0 Å². The Hall–Kier alpha value is -4.82. The number of nitrogens with two attached hydrogens (primary N) is 2. The number of aromatic nitrogens is 10. The summed E-state index contributed by atoms with van der Waals surface area (Å²) in [6.45, 7) is 0. The first-order valence-corrected chi connectivity index (χ1v) is 7.80. The van der Waals surface area contributed by atoms with Crippen molar-refractivity contribution < 1.29 is 0 Å². The number of nitrogens with zero attached hydrogens (tertiary/aromatic N) is 5. The monoisotopic (exact) mass is 398 g/mol. The van der Waals surface area contributed by atoms with Crippen molar-refractivity contribution >= 4 is 34.1 Å². The van der Waals surface area contributed by atoms with Crippen molar-refractivity contribution in [2.75, 3.05) is 11.5 Å². The maximum absolute atomic E-state index is 11.0. The van der Waals surface area contributed by atoms with Gasteiger partial charge in [0.15, 0.2) is 22.6 Å². The number of fused-ring (bicyclic) bond motifs is 2. The third-order valence-electron chi connectivity index (χ3n) is 3.25. The zero-order valence-electron chi connectivity index (χ0n) is 14.5. The van der Waals surface area contributed by atoms with Crippen LogP contribution < -0.4 is 28.3 Å². The molecule has 15 nitrogen and oxygen atoms in total. The van der Waals surface area contributed by atoms with Crippen molar-refractivity contribution in [1.29, 1.82) is 0 Å². The second-order valence-electron chi connectivity index (χ2n) is 5.21. The van der Waals surface area contributed by atoms with Crippen molar-refractivity contribution in [1.82, 2.24) is 49.8 Å². The molecule has 0 unspecified atom stereocenters. The van der Waals surface area contributed by atoms with Crippen LogP contribution in [-0.2, 0) is 0 Å². The lowest BCUT2D eigenvalue weighted by molar-refractivity contribution is 1.04. The van der Waals surface area contributed by atoms with Crippen molar-refractivity contribution in [3.8, 4) is 0 Å². The first kappa shape index (κ1) is 19.0. The highest BCUT2D eigenvalue weighted by molar-refractivity contribution is 5.80. The van der Waals surface area contributed by atoms with E-state index in [1.165, 1.54) is 31.2 Å². The predicted octanol–water partition coefficient (Wildman–Crippen LogP) is -1.77.